The van der Waals surface area contributed by atoms with E-state index < -0.39 is 5.60 Å². The SMILES string of the molecule is CC(C)(C)OC(=O)N1C2C=CC1CC(O)C2. The Morgan fingerprint density at radius 2 is 1.81 bits per heavy atom. The maximum absolute atomic E-state index is 12.0. The van der Waals surface area contributed by atoms with Gasteiger partial charge in [-0.25, -0.2) is 4.79 Å². The average Bonchev–Trinajstić information content (AvgIpc) is 2.36. The molecule has 4 nitrogen and oxygen atoms in total. The maximum Gasteiger partial charge on any atom is 0.411 e. The molecular weight excluding hydrogens is 206 g/mol. The lowest BCUT2D eigenvalue weighted by Crippen LogP contribution is -2.50. The van der Waals surface area contributed by atoms with E-state index in [2.05, 4.69) is 0 Å². The number of carbonyl (C=O) groups excluding carboxylic acids is 1. The van der Waals surface area contributed by atoms with Gasteiger partial charge < -0.3 is 9.84 Å². The zero-order valence-electron chi connectivity index (χ0n) is 10.0. The van der Waals surface area contributed by atoms with Gasteiger partial charge in [0.2, 0.25) is 0 Å². The normalized spacial score (nSPS) is 33.0. The van der Waals surface area contributed by atoms with E-state index in [9.17, 15) is 9.90 Å². The third-order valence-electron chi connectivity index (χ3n) is 2.90. The minimum atomic E-state index is -0.466. The van der Waals surface area contributed by atoms with Crippen LogP contribution in [0.25, 0.3) is 0 Å². The molecular formula is C12H19NO3. The predicted molar refractivity (Wildman–Crippen MR) is 60.0 cm³/mol. The summed E-state index contributed by atoms with van der Waals surface area (Å²) >= 11 is 0. The molecule has 2 unspecified atom stereocenters. The molecule has 1 saturated heterocycles. The molecule has 90 valence electrons. The summed E-state index contributed by atoms with van der Waals surface area (Å²) in [5, 5.41) is 9.60. The smallest absolute Gasteiger partial charge is 0.411 e. The molecule has 2 bridgehead atoms. The molecule has 0 radical (unpaired) electrons. The molecule has 0 aromatic rings. The van der Waals surface area contributed by atoms with Gasteiger partial charge in [-0.2, -0.15) is 0 Å². The van der Waals surface area contributed by atoms with Crippen molar-refractivity contribution in [1.82, 2.24) is 4.90 Å². The number of hydrogen-bond acceptors (Lipinski definition) is 3. The predicted octanol–water partition coefficient (Wildman–Crippen LogP) is 1.69. The summed E-state index contributed by atoms with van der Waals surface area (Å²) in [6.07, 6.45) is 4.64. The Bertz CT molecular complexity index is 303. The van der Waals surface area contributed by atoms with E-state index in [0.29, 0.717) is 12.8 Å². The Hall–Kier alpha value is -1.03. The fourth-order valence-electron chi connectivity index (χ4n) is 2.31. The summed E-state index contributed by atoms with van der Waals surface area (Å²) in [5.74, 6) is 0. The van der Waals surface area contributed by atoms with Gasteiger partial charge in [0.25, 0.3) is 0 Å². The molecule has 1 fully saturated rings. The highest BCUT2D eigenvalue weighted by Crippen LogP contribution is 2.31. The lowest BCUT2D eigenvalue weighted by atomic mass is 9.99. The van der Waals surface area contributed by atoms with Gasteiger partial charge in [-0.3, -0.25) is 4.90 Å². The highest BCUT2D eigenvalue weighted by Gasteiger charge is 2.41. The fourth-order valence-corrected chi connectivity index (χ4v) is 2.31. The molecule has 1 amide bonds. The number of hydrogen-bond donors (Lipinski definition) is 1. The first-order chi connectivity index (χ1) is 7.37. The number of fused-ring (bicyclic) bond motifs is 2. The molecule has 2 aliphatic rings. The molecule has 16 heavy (non-hydrogen) atoms. The van der Waals surface area contributed by atoms with Gasteiger partial charge in [0.05, 0.1) is 18.2 Å². The minimum absolute atomic E-state index is 0.00333. The second kappa shape index (κ2) is 3.77. The highest BCUT2D eigenvalue weighted by atomic mass is 16.6. The van der Waals surface area contributed by atoms with Crippen LogP contribution >= 0.6 is 0 Å². The number of amides is 1. The van der Waals surface area contributed by atoms with Crippen LogP contribution in [0.1, 0.15) is 33.6 Å². The molecule has 0 aliphatic carbocycles. The molecule has 2 rings (SSSR count). The summed E-state index contributed by atoms with van der Waals surface area (Å²) in [6, 6.07) is 0.00667. The van der Waals surface area contributed by atoms with E-state index in [4.69, 9.17) is 4.74 Å². The summed E-state index contributed by atoms with van der Waals surface area (Å²) in [4.78, 5) is 13.7. The lowest BCUT2D eigenvalue weighted by Gasteiger charge is -2.38. The molecule has 2 heterocycles. The first kappa shape index (κ1) is 11.5. The molecule has 1 N–H and O–H groups in total. The summed E-state index contributed by atoms with van der Waals surface area (Å²) in [5.41, 5.74) is -0.466. The first-order valence-electron chi connectivity index (χ1n) is 5.74. The zero-order valence-corrected chi connectivity index (χ0v) is 10.0. The molecule has 4 heteroatoms. The van der Waals surface area contributed by atoms with Crippen LogP contribution in [0.5, 0.6) is 0 Å². The number of rotatable bonds is 0. The van der Waals surface area contributed by atoms with Gasteiger partial charge in [-0.15, -0.1) is 0 Å². The van der Waals surface area contributed by atoms with Gasteiger partial charge in [0.1, 0.15) is 5.60 Å². The van der Waals surface area contributed by atoms with E-state index in [-0.39, 0.29) is 24.3 Å². The second-order valence-corrected chi connectivity index (χ2v) is 5.53. The lowest BCUT2D eigenvalue weighted by molar-refractivity contribution is -0.00681. The number of piperidine rings is 1. The van der Waals surface area contributed by atoms with Crippen LogP contribution in [-0.2, 0) is 4.74 Å². The standard InChI is InChI=1S/C12H19NO3/c1-12(2,3)16-11(15)13-8-4-5-9(13)7-10(14)6-8/h4-5,8-10,14H,6-7H2,1-3H3. The largest absolute Gasteiger partial charge is 0.444 e. The molecule has 0 aromatic carbocycles. The Kier molecular flexibility index (Phi) is 2.70. The van der Waals surface area contributed by atoms with E-state index in [1.165, 1.54) is 0 Å². The molecule has 0 aromatic heterocycles. The van der Waals surface area contributed by atoms with Gasteiger partial charge >= 0.3 is 6.09 Å². The van der Waals surface area contributed by atoms with Crippen LogP contribution in [0.15, 0.2) is 12.2 Å². The quantitative estimate of drug-likeness (QED) is 0.638. The van der Waals surface area contributed by atoms with Crippen LogP contribution in [0.2, 0.25) is 0 Å². The Labute approximate surface area is 95.9 Å². The zero-order chi connectivity index (χ0) is 11.9. The number of nitrogens with zero attached hydrogens (tertiary/aromatic N) is 1. The van der Waals surface area contributed by atoms with Crippen LogP contribution in [0.4, 0.5) is 4.79 Å². The number of aliphatic hydroxyl groups is 1. The van der Waals surface area contributed by atoms with Crippen LogP contribution in [-0.4, -0.2) is 39.9 Å². The number of aliphatic hydroxyl groups excluding tert-OH is 1. The van der Waals surface area contributed by atoms with Crippen molar-refractivity contribution >= 4 is 6.09 Å². The third-order valence-corrected chi connectivity index (χ3v) is 2.90. The van der Waals surface area contributed by atoms with E-state index in [0.717, 1.165) is 0 Å². The van der Waals surface area contributed by atoms with Crippen LogP contribution in [0, 0.1) is 0 Å². The second-order valence-electron chi connectivity index (χ2n) is 5.53. The van der Waals surface area contributed by atoms with Crippen molar-refractivity contribution < 1.29 is 14.6 Å². The van der Waals surface area contributed by atoms with Crippen LogP contribution < -0.4 is 0 Å². The van der Waals surface area contributed by atoms with Crippen LogP contribution in [0.3, 0.4) is 0 Å². The van der Waals surface area contributed by atoms with E-state index in [1.54, 1.807) is 4.90 Å². The van der Waals surface area contributed by atoms with Crippen molar-refractivity contribution in [1.29, 1.82) is 0 Å². The van der Waals surface area contributed by atoms with Crippen molar-refractivity contribution in [3.05, 3.63) is 12.2 Å². The van der Waals surface area contributed by atoms with Crippen molar-refractivity contribution in [3.8, 4) is 0 Å². The van der Waals surface area contributed by atoms with Crippen molar-refractivity contribution in [2.75, 3.05) is 0 Å². The fraction of sp³-hybridized carbons (Fsp3) is 0.750. The molecule has 2 aliphatic heterocycles. The number of ether oxygens (including phenoxy) is 1. The van der Waals surface area contributed by atoms with E-state index in [1.807, 2.05) is 32.9 Å². The Morgan fingerprint density at radius 3 is 2.25 bits per heavy atom. The number of carbonyl (C=O) groups is 1. The highest BCUT2D eigenvalue weighted by molar-refractivity contribution is 5.70. The van der Waals surface area contributed by atoms with Gasteiger partial charge in [-0.05, 0) is 33.6 Å². The van der Waals surface area contributed by atoms with Crippen molar-refractivity contribution in [2.24, 2.45) is 0 Å². The van der Waals surface area contributed by atoms with Crippen molar-refractivity contribution in [3.63, 3.8) is 0 Å². The topological polar surface area (TPSA) is 49.8 Å². The maximum atomic E-state index is 12.0. The Morgan fingerprint density at radius 1 is 1.31 bits per heavy atom. The summed E-state index contributed by atoms with van der Waals surface area (Å²) in [6.45, 7) is 5.58. The molecule has 0 saturated carbocycles. The Balaban J connectivity index is 2.04. The molecule has 0 spiro atoms. The minimum Gasteiger partial charge on any atom is -0.444 e. The van der Waals surface area contributed by atoms with Gasteiger partial charge in [-0.1, -0.05) is 12.2 Å². The van der Waals surface area contributed by atoms with Gasteiger partial charge in [0.15, 0.2) is 0 Å². The monoisotopic (exact) mass is 225 g/mol. The molecule has 2 atom stereocenters. The third kappa shape index (κ3) is 2.21. The summed E-state index contributed by atoms with van der Waals surface area (Å²) in [7, 11) is 0. The van der Waals surface area contributed by atoms with Gasteiger partial charge in [0, 0.05) is 0 Å². The first-order valence-corrected chi connectivity index (χ1v) is 5.74. The summed E-state index contributed by atoms with van der Waals surface area (Å²) < 4.78 is 5.36. The van der Waals surface area contributed by atoms with E-state index >= 15 is 0 Å². The average molecular weight is 225 g/mol. The van der Waals surface area contributed by atoms with Crippen molar-refractivity contribution in [2.45, 2.75) is 57.4 Å².